The zero-order chi connectivity index (χ0) is 19.9. The molecule has 0 heterocycles. The fourth-order valence-electron chi connectivity index (χ4n) is 1.63. The molecule has 0 saturated heterocycles. The standard InChI is InChI=1S/C15H17Cl2FN4O4/c1-7(6-26-13-10(16)3-9(18)4-11(13)17)20-14(24)8(2)21-15(25)22-12(23)5-19/h3-4,7H,2,5-6,19H2,1H3,(H,20,24)(H2,21,22,23,25)/t7-/m1/s1. The Morgan fingerprint density at radius 3 is 2.38 bits per heavy atom. The maximum Gasteiger partial charge on any atom is 0.326 e. The largest absolute Gasteiger partial charge is 0.488 e. The van der Waals surface area contributed by atoms with Gasteiger partial charge in [0.05, 0.1) is 22.6 Å². The van der Waals surface area contributed by atoms with Crippen molar-refractivity contribution in [3.8, 4) is 5.75 Å². The second-order valence-electron chi connectivity index (χ2n) is 5.07. The Hall–Kier alpha value is -2.36. The normalized spacial score (nSPS) is 11.3. The van der Waals surface area contributed by atoms with Gasteiger partial charge in [-0.15, -0.1) is 0 Å². The minimum Gasteiger partial charge on any atom is -0.488 e. The highest BCUT2D eigenvalue weighted by molar-refractivity contribution is 6.37. The first kappa shape index (κ1) is 21.7. The average Bonchev–Trinajstić information content (AvgIpc) is 2.53. The number of ether oxygens (including phenoxy) is 1. The highest BCUT2D eigenvalue weighted by Gasteiger charge is 2.16. The van der Waals surface area contributed by atoms with Crippen molar-refractivity contribution in [3.05, 3.63) is 40.3 Å². The number of nitrogens with two attached hydrogens (primary N) is 1. The molecule has 0 aliphatic heterocycles. The van der Waals surface area contributed by atoms with Crippen molar-refractivity contribution in [3.63, 3.8) is 0 Å². The van der Waals surface area contributed by atoms with Crippen molar-refractivity contribution in [2.24, 2.45) is 5.73 Å². The summed E-state index contributed by atoms with van der Waals surface area (Å²) in [6.07, 6.45) is 0. The second kappa shape index (κ2) is 9.95. The monoisotopic (exact) mass is 406 g/mol. The van der Waals surface area contributed by atoms with E-state index in [1.54, 1.807) is 6.92 Å². The van der Waals surface area contributed by atoms with Gasteiger partial charge in [-0.3, -0.25) is 14.9 Å². The van der Waals surface area contributed by atoms with Crippen LogP contribution in [0.4, 0.5) is 9.18 Å². The number of rotatable bonds is 7. The van der Waals surface area contributed by atoms with Crippen LogP contribution in [0.2, 0.25) is 10.0 Å². The number of amides is 4. The van der Waals surface area contributed by atoms with E-state index >= 15 is 0 Å². The van der Waals surface area contributed by atoms with E-state index in [9.17, 15) is 18.8 Å². The Morgan fingerprint density at radius 2 is 1.85 bits per heavy atom. The van der Waals surface area contributed by atoms with E-state index in [-0.39, 0.29) is 34.6 Å². The molecule has 0 saturated carbocycles. The van der Waals surface area contributed by atoms with Crippen LogP contribution in [-0.4, -0.2) is 37.0 Å². The van der Waals surface area contributed by atoms with Crippen molar-refractivity contribution >= 4 is 41.0 Å². The van der Waals surface area contributed by atoms with Crippen LogP contribution in [0.25, 0.3) is 0 Å². The maximum atomic E-state index is 13.1. The molecule has 1 atom stereocenters. The van der Waals surface area contributed by atoms with Crippen molar-refractivity contribution in [1.29, 1.82) is 0 Å². The molecule has 5 N–H and O–H groups in total. The van der Waals surface area contributed by atoms with Gasteiger partial charge in [0.1, 0.15) is 18.1 Å². The third-order valence-corrected chi connectivity index (χ3v) is 3.36. The summed E-state index contributed by atoms with van der Waals surface area (Å²) in [5.74, 6) is -1.95. The zero-order valence-electron chi connectivity index (χ0n) is 13.7. The lowest BCUT2D eigenvalue weighted by Gasteiger charge is -2.17. The van der Waals surface area contributed by atoms with Gasteiger partial charge in [-0.05, 0) is 19.1 Å². The van der Waals surface area contributed by atoms with E-state index < -0.39 is 29.7 Å². The van der Waals surface area contributed by atoms with E-state index in [1.807, 2.05) is 5.32 Å². The van der Waals surface area contributed by atoms with E-state index in [4.69, 9.17) is 33.7 Å². The molecule has 0 aromatic heterocycles. The molecule has 0 unspecified atom stereocenters. The molecular weight excluding hydrogens is 390 g/mol. The van der Waals surface area contributed by atoms with Crippen LogP contribution in [0.15, 0.2) is 24.4 Å². The first-order valence-corrected chi connectivity index (χ1v) is 7.97. The first-order chi connectivity index (χ1) is 12.1. The number of imide groups is 1. The predicted molar refractivity (Wildman–Crippen MR) is 94.4 cm³/mol. The highest BCUT2D eigenvalue weighted by atomic mass is 35.5. The van der Waals surface area contributed by atoms with E-state index in [1.165, 1.54) is 0 Å². The number of nitrogens with one attached hydrogen (secondary N) is 3. The number of carbonyl (C=O) groups is 3. The molecule has 0 radical (unpaired) electrons. The van der Waals surface area contributed by atoms with Crippen molar-refractivity contribution in [2.75, 3.05) is 13.2 Å². The molecule has 4 amide bonds. The molecule has 26 heavy (non-hydrogen) atoms. The lowest BCUT2D eigenvalue weighted by Crippen LogP contribution is -2.46. The van der Waals surface area contributed by atoms with Gasteiger partial charge in [0.25, 0.3) is 5.91 Å². The number of hydrogen-bond acceptors (Lipinski definition) is 5. The van der Waals surface area contributed by atoms with Gasteiger partial charge in [0.2, 0.25) is 5.91 Å². The first-order valence-electron chi connectivity index (χ1n) is 7.22. The molecule has 1 aromatic rings. The average molecular weight is 407 g/mol. The summed E-state index contributed by atoms with van der Waals surface area (Å²) in [6, 6.07) is 0.610. The molecule has 0 bridgehead atoms. The molecule has 1 aromatic carbocycles. The van der Waals surface area contributed by atoms with Crippen LogP contribution in [0.1, 0.15) is 6.92 Å². The second-order valence-corrected chi connectivity index (χ2v) is 5.88. The molecule has 11 heteroatoms. The Labute approximate surface area is 158 Å². The number of hydrogen-bond donors (Lipinski definition) is 4. The summed E-state index contributed by atoms with van der Waals surface area (Å²) in [4.78, 5) is 34.3. The number of urea groups is 1. The molecule has 0 aliphatic rings. The van der Waals surface area contributed by atoms with E-state index in [0.717, 1.165) is 12.1 Å². The maximum absolute atomic E-state index is 13.1. The lowest BCUT2D eigenvalue weighted by molar-refractivity contribution is -0.119. The molecule has 1 rings (SSSR count). The van der Waals surface area contributed by atoms with Crippen molar-refractivity contribution in [2.45, 2.75) is 13.0 Å². The van der Waals surface area contributed by atoms with E-state index in [0.29, 0.717) is 0 Å². The Bertz CT molecular complexity index is 707. The predicted octanol–water partition coefficient (Wildman–Crippen LogP) is 1.31. The van der Waals surface area contributed by atoms with Gasteiger partial charge in [-0.1, -0.05) is 29.8 Å². The third kappa shape index (κ3) is 6.87. The van der Waals surface area contributed by atoms with Gasteiger partial charge in [-0.2, -0.15) is 0 Å². The molecule has 0 spiro atoms. The Morgan fingerprint density at radius 1 is 1.27 bits per heavy atom. The van der Waals surface area contributed by atoms with Crippen LogP contribution in [-0.2, 0) is 9.59 Å². The minimum absolute atomic E-state index is 0.0131. The summed E-state index contributed by atoms with van der Waals surface area (Å²) < 4.78 is 18.5. The van der Waals surface area contributed by atoms with Crippen LogP contribution in [0, 0.1) is 5.82 Å². The number of halogens is 3. The SMILES string of the molecule is C=C(NC(=O)NC(=O)CN)C(=O)N[C@H](C)COc1c(Cl)cc(F)cc1Cl. The molecular formula is C15H17Cl2FN4O4. The smallest absolute Gasteiger partial charge is 0.326 e. The van der Waals surface area contributed by atoms with Crippen LogP contribution >= 0.6 is 23.2 Å². The van der Waals surface area contributed by atoms with Crippen molar-refractivity contribution in [1.82, 2.24) is 16.0 Å². The van der Waals surface area contributed by atoms with Gasteiger partial charge < -0.3 is 21.1 Å². The molecule has 0 fully saturated rings. The van der Waals surface area contributed by atoms with Gasteiger partial charge in [0.15, 0.2) is 5.75 Å². The molecule has 142 valence electrons. The highest BCUT2D eigenvalue weighted by Crippen LogP contribution is 2.33. The van der Waals surface area contributed by atoms with E-state index in [2.05, 4.69) is 17.2 Å². The quantitative estimate of drug-likeness (QED) is 0.508. The van der Waals surface area contributed by atoms with Gasteiger partial charge in [-0.25, -0.2) is 9.18 Å². The third-order valence-electron chi connectivity index (χ3n) is 2.80. The fraction of sp³-hybridized carbons (Fsp3) is 0.267. The van der Waals surface area contributed by atoms with Crippen LogP contribution < -0.4 is 26.4 Å². The summed E-state index contributed by atoms with van der Waals surface area (Å²) >= 11 is 11.7. The summed E-state index contributed by atoms with van der Waals surface area (Å²) in [5, 5.41) is 6.45. The van der Waals surface area contributed by atoms with Crippen molar-refractivity contribution < 1.29 is 23.5 Å². The molecule has 8 nitrogen and oxygen atoms in total. The lowest BCUT2D eigenvalue weighted by atomic mass is 10.3. The van der Waals surface area contributed by atoms with Crippen LogP contribution in [0.5, 0.6) is 5.75 Å². The van der Waals surface area contributed by atoms with Gasteiger partial charge >= 0.3 is 6.03 Å². The zero-order valence-corrected chi connectivity index (χ0v) is 15.2. The summed E-state index contributed by atoms with van der Waals surface area (Å²) in [6.45, 7) is 4.57. The Balaban J connectivity index is 2.51. The minimum atomic E-state index is -0.936. The topological polar surface area (TPSA) is 123 Å². The number of carbonyl (C=O) groups excluding carboxylic acids is 3. The summed E-state index contributed by atoms with van der Waals surface area (Å²) in [7, 11) is 0. The summed E-state index contributed by atoms with van der Waals surface area (Å²) in [5.41, 5.74) is 4.75. The fourth-order valence-corrected chi connectivity index (χ4v) is 2.20. The Kier molecular flexibility index (Phi) is 8.30. The van der Waals surface area contributed by atoms with Gasteiger partial charge in [0, 0.05) is 0 Å². The molecule has 0 aliphatic carbocycles. The number of benzene rings is 1. The van der Waals surface area contributed by atoms with Crippen LogP contribution in [0.3, 0.4) is 0 Å².